The monoisotopic (exact) mass is 477 g/mol. The van der Waals surface area contributed by atoms with Gasteiger partial charge in [-0.2, -0.15) is 0 Å². The summed E-state index contributed by atoms with van der Waals surface area (Å²) < 4.78 is 11.5. The molecule has 1 aromatic heterocycles. The van der Waals surface area contributed by atoms with Crippen molar-refractivity contribution in [2.75, 3.05) is 33.4 Å². The minimum absolute atomic E-state index is 0.0304. The number of benzene rings is 1. The highest BCUT2D eigenvalue weighted by Crippen LogP contribution is 2.28. The van der Waals surface area contributed by atoms with E-state index in [1.807, 2.05) is 23.1 Å². The van der Waals surface area contributed by atoms with Crippen LogP contribution in [0.3, 0.4) is 0 Å². The molecule has 1 saturated heterocycles. The Bertz CT molecular complexity index is 1090. The van der Waals surface area contributed by atoms with Crippen LogP contribution in [0.4, 0.5) is 0 Å². The molecule has 2 aliphatic heterocycles. The minimum Gasteiger partial charge on any atom is -0.494 e. The molecule has 1 aliphatic carbocycles. The summed E-state index contributed by atoms with van der Waals surface area (Å²) in [6.07, 6.45) is 8.51. The fourth-order valence-electron chi connectivity index (χ4n) is 5.64. The molecular weight excluding hydrogens is 442 g/mol. The standard InChI is InChI=1S/C28H35N3O4/c1-34-27-24(18-21-8-5-11-25(21)29-27)28(33)30-14-6-16-35-23-10-4-7-20(17-23)12-13-22-9-2-3-15-31(22)26(32)19-30/h4,7,10,17-18,22H,2-3,5-6,8-9,11-16,19H2,1H3. The molecule has 1 atom stereocenters. The largest absolute Gasteiger partial charge is 0.494 e. The van der Waals surface area contributed by atoms with E-state index < -0.39 is 0 Å². The van der Waals surface area contributed by atoms with Gasteiger partial charge in [-0.1, -0.05) is 12.1 Å². The molecule has 35 heavy (non-hydrogen) atoms. The summed E-state index contributed by atoms with van der Waals surface area (Å²) in [4.78, 5) is 35.6. The highest BCUT2D eigenvalue weighted by atomic mass is 16.5. The second-order valence-electron chi connectivity index (χ2n) is 9.86. The Hall–Kier alpha value is -3.09. The van der Waals surface area contributed by atoms with E-state index in [9.17, 15) is 9.59 Å². The highest BCUT2D eigenvalue weighted by Gasteiger charge is 2.31. The van der Waals surface area contributed by atoms with Crippen LogP contribution in [0.1, 0.15) is 65.7 Å². The average Bonchev–Trinajstić information content (AvgIpc) is 3.35. The predicted molar refractivity (Wildman–Crippen MR) is 133 cm³/mol. The Morgan fingerprint density at radius 3 is 2.86 bits per heavy atom. The highest BCUT2D eigenvalue weighted by molar-refractivity contribution is 5.98. The van der Waals surface area contributed by atoms with Gasteiger partial charge in [0.2, 0.25) is 11.8 Å². The number of pyridine rings is 1. The number of aromatic nitrogens is 1. The lowest BCUT2D eigenvalue weighted by Gasteiger charge is -2.37. The van der Waals surface area contributed by atoms with Crippen LogP contribution in [0.2, 0.25) is 0 Å². The van der Waals surface area contributed by atoms with Gasteiger partial charge in [0, 0.05) is 24.8 Å². The molecule has 1 fully saturated rings. The average molecular weight is 478 g/mol. The molecule has 186 valence electrons. The van der Waals surface area contributed by atoms with Gasteiger partial charge >= 0.3 is 0 Å². The third-order valence-corrected chi connectivity index (χ3v) is 7.51. The molecule has 7 heteroatoms. The van der Waals surface area contributed by atoms with E-state index >= 15 is 0 Å². The van der Waals surface area contributed by atoms with E-state index in [4.69, 9.17) is 9.47 Å². The molecule has 7 nitrogen and oxygen atoms in total. The lowest BCUT2D eigenvalue weighted by atomic mass is 9.95. The Balaban J connectivity index is 1.42. The van der Waals surface area contributed by atoms with Crippen molar-refractivity contribution >= 4 is 11.8 Å². The molecule has 2 bridgehead atoms. The number of ether oxygens (including phenoxy) is 2. The summed E-state index contributed by atoms with van der Waals surface area (Å²) in [5.41, 5.74) is 3.82. The number of carbonyl (C=O) groups excluding carboxylic acids is 2. The zero-order valence-electron chi connectivity index (χ0n) is 20.6. The van der Waals surface area contributed by atoms with Crippen molar-refractivity contribution in [3.8, 4) is 11.6 Å². The summed E-state index contributed by atoms with van der Waals surface area (Å²) in [6, 6.07) is 10.4. The molecule has 2 amide bonds. The number of methoxy groups -OCH3 is 1. The minimum atomic E-state index is -0.194. The van der Waals surface area contributed by atoms with Crippen LogP contribution in [0, 0.1) is 0 Å². The molecular formula is C28H35N3O4. The van der Waals surface area contributed by atoms with Gasteiger partial charge in [-0.3, -0.25) is 9.59 Å². The molecule has 0 N–H and O–H groups in total. The Labute approximate surface area is 207 Å². The summed E-state index contributed by atoms with van der Waals surface area (Å²) in [5, 5.41) is 0. The van der Waals surface area contributed by atoms with Gasteiger partial charge in [-0.25, -0.2) is 4.98 Å². The summed E-state index contributed by atoms with van der Waals surface area (Å²) in [5.74, 6) is 1.05. The summed E-state index contributed by atoms with van der Waals surface area (Å²) >= 11 is 0. The lowest BCUT2D eigenvalue weighted by Crippen LogP contribution is -2.49. The molecule has 1 aromatic carbocycles. The van der Waals surface area contributed by atoms with E-state index in [0.717, 1.165) is 74.9 Å². The summed E-state index contributed by atoms with van der Waals surface area (Å²) in [7, 11) is 1.55. The van der Waals surface area contributed by atoms with Crippen LogP contribution in [-0.4, -0.2) is 66.0 Å². The van der Waals surface area contributed by atoms with Gasteiger partial charge in [0.1, 0.15) is 17.9 Å². The van der Waals surface area contributed by atoms with Crippen molar-refractivity contribution < 1.29 is 19.1 Å². The number of amides is 2. The smallest absolute Gasteiger partial charge is 0.259 e. The zero-order valence-corrected chi connectivity index (χ0v) is 20.6. The molecule has 3 aliphatic rings. The van der Waals surface area contributed by atoms with Gasteiger partial charge in [-0.05, 0) is 87.1 Å². The van der Waals surface area contributed by atoms with Gasteiger partial charge in [0.15, 0.2) is 0 Å². The summed E-state index contributed by atoms with van der Waals surface area (Å²) in [6.45, 7) is 1.75. The number of rotatable bonds is 2. The zero-order chi connectivity index (χ0) is 24.2. The van der Waals surface area contributed by atoms with Crippen molar-refractivity contribution in [1.82, 2.24) is 14.8 Å². The first kappa shape index (κ1) is 23.6. The number of fused-ring (bicyclic) bond motifs is 4. The Morgan fingerprint density at radius 2 is 1.97 bits per heavy atom. The second kappa shape index (κ2) is 10.7. The van der Waals surface area contributed by atoms with Gasteiger partial charge in [-0.15, -0.1) is 0 Å². The SMILES string of the molecule is COc1nc2c(cc1C(=O)N1CCCOc3cccc(c3)CCC3CCCCN3C(=O)C1)CCC2. The van der Waals surface area contributed by atoms with Crippen molar-refractivity contribution in [3.05, 3.63) is 52.7 Å². The van der Waals surface area contributed by atoms with Gasteiger partial charge < -0.3 is 19.3 Å². The fourth-order valence-corrected chi connectivity index (χ4v) is 5.64. The first-order valence-corrected chi connectivity index (χ1v) is 13.0. The third kappa shape index (κ3) is 5.29. The second-order valence-corrected chi connectivity index (χ2v) is 9.86. The number of carbonyl (C=O) groups is 2. The van der Waals surface area contributed by atoms with Crippen LogP contribution in [0.25, 0.3) is 0 Å². The van der Waals surface area contributed by atoms with Crippen LogP contribution in [0.15, 0.2) is 30.3 Å². The maximum absolute atomic E-state index is 13.8. The maximum atomic E-state index is 13.8. The van der Waals surface area contributed by atoms with Crippen molar-refractivity contribution in [2.24, 2.45) is 0 Å². The van der Waals surface area contributed by atoms with E-state index in [-0.39, 0.29) is 24.4 Å². The fraction of sp³-hybridized carbons (Fsp3) is 0.536. The molecule has 0 radical (unpaired) electrons. The van der Waals surface area contributed by atoms with Crippen LogP contribution >= 0.6 is 0 Å². The van der Waals surface area contributed by atoms with Crippen LogP contribution in [-0.2, 0) is 24.1 Å². The lowest BCUT2D eigenvalue weighted by molar-refractivity contribution is -0.135. The predicted octanol–water partition coefficient (Wildman–Crippen LogP) is 3.82. The van der Waals surface area contributed by atoms with Gasteiger partial charge in [0.25, 0.3) is 5.91 Å². The topological polar surface area (TPSA) is 72.0 Å². The van der Waals surface area contributed by atoms with E-state index in [1.54, 1.807) is 12.0 Å². The van der Waals surface area contributed by atoms with Crippen molar-refractivity contribution in [3.63, 3.8) is 0 Å². The van der Waals surface area contributed by atoms with Crippen LogP contribution in [0.5, 0.6) is 11.6 Å². The third-order valence-electron chi connectivity index (χ3n) is 7.51. The van der Waals surface area contributed by atoms with Crippen molar-refractivity contribution in [1.29, 1.82) is 0 Å². The molecule has 0 saturated carbocycles. The molecule has 5 rings (SSSR count). The van der Waals surface area contributed by atoms with E-state index in [1.165, 1.54) is 5.56 Å². The number of hydrogen-bond acceptors (Lipinski definition) is 5. The molecule has 2 aromatic rings. The van der Waals surface area contributed by atoms with Crippen molar-refractivity contribution in [2.45, 2.75) is 63.8 Å². The molecule has 3 heterocycles. The number of nitrogens with zero attached hydrogens (tertiary/aromatic N) is 3. The molecule has 0 spiro atoms. The Kier molecular flexibility index (Phi) is 7.21. The Morgan fingerprint density at radius 1 is 1.06 bits per heavy atom. The van der Waals surface area contributed by atoms with E-state index in [0.29, 0.717) is 31.0 Å². The quantitative estimate of drug-likeness (QED) is 0.658. The number of hydrogen-bond donors (Lipinski definition) is 0. The first-order chi connectivity index (χ1) is 17.1. The van der Waals surface area contributed by atoms with Gasteiger partial charge in [0.05, 0.1) is 13.7 Å². The first-order valence-electron chi connectivity index (χ1n) is 13.0. The number of aryl methyl sites for hydroxylation is 3. The van der Waals surface area contributed by atoms with E-state index in [2.05, 4.69) is 17.1 Å². The maximum Gasteiger partial charge on any atom is 0.259 e. The van der Waals surface area contributed by atoms with Crippen LogP contribution < -0.4 is 9.47 Å². The number of piperidine rings is 1. The normalized spacial score (nSPS) is 20.9. The molecule has 1 unspecified atom stereocenters.